The first-order chi connectivity index (χ1) is 13.3. The second-order valence-electron chi connectivity index (χ2n) is 6.53. The van der Waals surface area contributed by atoms with Gasteiger partial charge < -0.3 is 4.74 Å². The summed E-state index contributed by atoms with van der Waals surface area (Å²) in [6.07, 6.45) is -2.24. The Kier molecular flexibility index (Phi) is 4.90. The SMILES string of the molecule is CC(C)(C#N)Oc1cnc(-c2cn3cnc(C(F)(F)C(F)(F)F)cc3n2)c([SH2+])c1. The van der Waals surface area contributed by atoms with Gasteiger partial charge in [0.05, 0.1) is 6.20 Å². The van der Waals surface area contributed by atoms with Gasteiger partial charge >= 0.3 is 12.1 Å². The highest BCUT2D eigenvalue weighted by atomic mass is 32.1. The molecule has 0 bridgehead atoms. The van der Waals surface area contributed by atoms with Crippen LogP contribution in [0.2, 0.25) is 0 Å². The molecule has 0 spiro atoms. The summed E-state index contributed by atoms with van der Waals surface area (Å²) in [7, 11) is 0. The molecule has 3 aromatic heterocycles. The molecule has 0 atom stereocenters. The third-order valence-electron chi connectivity index (χ3n) is 3.77. The Morgan fingerprint density at radius 1 is 1.14 bits per heavy atom. The minimum atomic E-state index is -5.77. The van der Waals surface area contributed by atoms with Gasteiger partial charge in [0.1, 0.15) is 40.9 Å². The Labute approximate surface area is 166 Å². The van der Waals surface area contributed by atoms with Crippen molar-refractivity contribution in [1.29, 1.82) is 5.26 Å². The van der Waals surface area contributed by atoms with E-state index in [2.05, 4.69) is 27.6 Å². The molecule has 12 heteroatoms. The fourth-order valence-electron chi connectivity index (χ4n) is 2.35. The second-order valence-corrected chi connectivity index (χ2v) is 7.07. The predicted octanol–water partition coefficient (Wildman–Crippen LogP) is 3.50. The molecule has 0 radical (unpaired) electrons. The molecule has 0 unspecified atom stereocenters. The smallest absolute Gasteiger partial charge is 0.459 e. The van der Waals surface area contributed by atoms with Crippen LogP contribution >= 0.6 is 0 Å². The van der Waals surface area contributed by atoms with E-state index in [4.69, 9.17) is 10.00 Å². The van der Waals surface area contributed by atoms with Gasteiger partial charge in [-0.15, -0.1) is 0 Å². The highest BCUT2D eigenvalue weighted by Gasteiger charge is 2.60. The van der Waals surface area contributed by atoms with Gasteiger partial charge in [0, 0.05) is 18.3 Å². The molecular formula is C17H13F5N5OS+. The summed E-state index contributed by atoms with van der Waals surface area (Å²) in [5.74, 6) is -4.81. The number of nitriles is 1. The standard InChI is InChI=1S/C17H12F5N5OS/c1-15(2,7-23)28-9-3-11(29)14(24-5-9)10-6-27-8-25-12(4-13(27)26-10)16(18,19)17(20,21)22/h3-6,8,29H,1-2H3/p+1. The molecular weight excluding hydrogens is 417 g/mol. The molecule has 0 aromatic carbocycles. The van der Waals surface area contributed by atoms with Crippen molar-refractivity contribution >= 4 is 18.3 Å². The zero-order valence-electron chi connectivity index (χ0n) is 14.9. The lowest BCUT2D eigenvalue weighted by atomic mass is 10.2. The molecule has 3 rings (SSSR count). The highest BCUT2D eigenvalue weighted by Crippen LogP contribution is 2.43. The summed E-state index contributed by atoms with van der Waals surface area (Å²) in [5, 5.41) is 9.02. The molecule has 0 saturated heterocycles. The van der Waals surface area contributed by atoms with Gasteiger partial charge in [-0.05, 0) is 26.5 Å². The third kappa shape index (κ3) is 3.95. The topological polar surface area (TPSA) is 76.1 Å². The molecule has 3 heterocycles. The second kappa shape index (κ2) is 6.84. The number of hydrogen-bond acceptors (Lipinski definition) is 5. The molecule has 3 aromatic rings. The van der Waals surface area contributed by atoms with Crippen LogP contribution in [0.3, 0.4) is 0 Å². The lowest BCUT2D eigenvalue weighted by Gasteiger charge is -2.18. The van der Waals surface area contributed by atoms with Crippen molar-refractivity contribution in [2.45, 2.75) is 36.4 Å². The van der Waals surface area contributed by atoms with Crippen LogP contribution in [0.4, 0.5) is 22.0 Å². The van der Waals surface area contributed by atoms with Crippen LogP contribution < -0.4 is 4.74 Å². The van der Waals surface area contributed by atoms with E-state index in [1.54, 1.807) is 13.8 Å². The van der Waals surface area contributed by atoms with E-state index >= 15 is 0 Å². The van der Waals surface area contributed by atoms with Crippen LogP contribution in [-0.2, 0) is 18.6 Å². The quantitative estimate of drug-likeness (QED) is 0.468. The Hall–Kier alpha value is -2.94. The van der Waals surface area contributed by atoms with Crippen LogP contribution in [0.5, 0.6) is 5.75 Å². The van der Waals surface area contributed by atoms with E-state index in [1.807, 2.05) is 6.07 Å². The molecule has 0 N–H and O–H groups in total. The Morgan fingerprint density at radius 3 is 2.41 bits per heavy atom. The van der Waals surface area contributed by atoms with Crippen molar-refractivity contribution < 1.29 is 26.7 Å². The Balaban J connectivity index is 1.98. The summed E-state index contributed by atoms with van der Waals surface area (Å²) >= 11 is 3.34. The van der Waals surface area contributed by atoms with Gasteiger partial charge in [-0.2, -0.15) is 27.2 Å². The molecule has 0 saturated carbocycles. The number of rotatable bonds is 4. The zero-order valence-corrected chi connectivity index (χ0v) is 15.9. The van der Waals surface area contributed by atoms with Crippen molar-refractivity contribution in [2.75, 3.05) is 0 Å². The molecule has 152 valence electrons. The molecule has 0 aliphatic rings. The van der Waals surface area contributed by atoms with Crippen molar-refractivity contribution in [3.05, 3.63) is 36.5 Å². The van der Waals surface area contributed by atoms with E-state index in [9.17, 15) is 22.0 Å². The maximum Gasteiger partial charge on any atom is 0.459 e. The normalized spacial score (nSPS) is 12.8. The first kappa shape index (κ1) is 20.8. The molecule has 0 fully saturated rings. The maximum atomic E-state index is 13.5. The van der Waals surface area contributed by atoms with Crippen LogP contribution in [0.1, 0.15) is 19.5 Å². The summed E-state index contributed by atoms with van der Waals surface area (Å²) < 4.78 is 71.4. The van der Waals surface area contributed by atoms with Gasteiger partial charge in [-0.1, -0.05) is 0 Å². The minimum absolute atomic E-state index is 0.160. The van der Waals surface area contributed by atoms with Crippen molar-refractivity contribution in [1.82, 2.24) is 19.4 Å². The first-order valence-corrected chi connectivity index (χ1v) is 8.46. The minimum Gasteiger partial charge on any atom is -0.471 e. The average Bonchev–Trinajstić information content (AvgIpc) is 3.03. The number of nitrogens with zero attached hydrogens (tertiary/aromatic N) is 5. The van der Waals surface area contributed by atoms with Crippen molar-refractivity contribution in [3.8, 4) is 23.2 Å². The zero-order chi connectivity index (χ0) is 21.6. The number of aromatic nitrogens is 4. The van der Waals surface area contributed by atoms with E-state index in [-0.39, 0.29) is 17.0 Å². The first-order valence-electron chi connectivity index (χ1n) is 7.96. The largest absolute Gasteiger partial charge is 0.471 e. The van der Waals surface area contributed by atoms with E-state index < -0.39 is 23.4 Å². The summed E-state index contributed by atoms with van der Waals surface area (Å²) in [6.45, 7) is 3.13. The summed E-state index contributed by atoms with van der Waals surface area (Å²) in [6, 6.07) is 4.07. The fourth-order valence-corrected chi connectivity index (χ4v) is 2.68. The number of ether oxygens (including phenoxy) is 1. The molecule has 0 amide bonds. The number of pyridine rings is 1. The van der Waals surface area contributed by atoms with Gasteiger partial charge in [-0.3, -0.25) is 4.40 Å². The number of alkyl halides is 5. The highest BCUT2D eigenvalue weighted by molar-refractivity contribution is 7.59. The van der Waals surface area contributed by atoms with Gasteiger partial charge in [0.15, 0.2) is 10.5 Å². The number of halogens is 5. The fraction of sp³-hybridized carbons (Fsp3) is 0.294. The molecule has 6 nitrogen and oxygen atoms in total. The van der Waals surface area contributed by atoms with Gasteiger partial charge in [0.2, 0.25) is 0 Å². The average molecular weight is 430 g/mol. The summed E-state index contributed by atoms with van der Waals surface area (Å²) in [4.78, 5) is 11.8. The van der Waals surface area contributed by atoms with Crippen molar-refractivity contribution in [3.63, 3.8) is 0 Å². The van der Waals surface area contributed by atoms with E-state index in [1.165, 1.54) is 22.9 Å². The van der Waals surface area contributed by atoms with Crippen molar-refractivity contribution in [2.24, 2.45) is 0 Å². The molecule has 0 aliphatic carbocycles. The lowest BCUT2D eigenvalue weighted by Crippen LogP contribution is -2.34. The van der Waals surface area contributed by atoms with Crippen LogP contribution in [0, 0.1) is 11.3 Å². The van der Waals surface area contributed by atoms with Gasteiger partial charge in [0.25, 0.3) is 0 Å². The molecule has 0 aliphatic heterocycles. The number of imidazole rings is 1. The number of hydrogen-bond donors (Lipinski definition) is 0. The maximum absolute atomic E-state index is 13.5. The van der Waals surface area contributed by atoms with Crippen LogP contribution in [-0.4, -0.2) is 31.1 Å². The van der Waals surface area contributed by atoms with Gasteiger partial charge in [-0.25, -0.2) is 15.0 Å². The Morgan fingerprint density at radius 2 is 1.83 bits per heavy atom. The lowest BCUT2D eigenvalue weighted by molar-refractivity contribution is -0.290. The molecule has 29 heavy (non-hydrogen) atoms. The van der Waals surface area contributed by atoms with Crippen LogP contribution in [0.25, 0.3) is 17.0 Å². The van der Waals surface area contributed by atoms with E-state index in [0.717, 1.165) is 6.33 Å². The van der Waals surface area contributed by atoms with Crippen LogP contribution in [0.15, 0.2) is 35.7 Å². The van der Waals surface area contributed by atoms with E-state index in [0.29, 0.717) is 16.7 Å². The Bertz CT molecular complexity index is 1120. The number of fused-ring (bicyclic) bond motifs is 1. The monoisotopic (exact) mass is 430 g/mol. The summed E-state index contributed by atoms with van der Waals surface area (Å²) in [5.41, 5.74) is -2.21. The third-order valence-corrected chi connectivity index (χ3v) is 4.15. The predicted molar refractivity (Wildman–Crippen MR) is 94.9 cm³/mol.